The van der Waals surface area contributed by atoms with E-state index in [4.69, 9.17) is 43.0 Å². The van der Waals surface area contributed by atoms with Gasteiger partial charge in [-0.05, 0) is 25.8 Å². The van der Waals surface area contributed by atoms with E-state index < -0.39 is 12.1 Å². The quantitative estimate of drug-likeness (QED) is 0.402. The van der Waals surface area contributed by atoms with E-state index in [1.165, 1.54) is 30.0 Å². The second-order valence-electron chi connectivity index (χ2n) is 6.16. The highest BCUT2D eigenvalue weighted by Gasteiger charge is 2.32. The van der Waals surface area contributed by atoms with Crippen LogP contribution in [-0.4, -0.2) is 38.4 Å². The lowest BCUT2D eigenvalue weighted by Crippen LogP contribution is -2.23. The molecule has 0 unspecified atom stereocenters. The molecule has 2 N–H and O–H groups in total. The Bertz CT molecular complexity index is 908. The molecule has 1 aromatic heterocycles. The lowest BCUT2D eigenvalue weighted by atomic mass is 10.2. The predicted molar refractivity (Wildman–Crippen MR) is 98.8 cm³/mol. The molecule has 1 saturated carbocycles. The molecule has 3 rings (SSSR count). The normalized spacial score (nSPS) is 15.1. The number of hydrogen-bond donors (Lipinski definition) is 2. The van der Waals surface area contributed by atoms with Crippen LogP contribution in [0.2, 0.25) is 10.0 Å². The molecule has 1 aliphatic rings. The van der Waals surface area contributed by atoms with Gasteiger partial charge in [0.1, 0.15) is 5.75 Å². The summed E-state index contributed by atoms with van der Waals surface area (Å²) in [7, 11) is 1.70. The molecular formula is C17H17Cl2N3O5. The first-order valence-electron chi connectivity index (χ1n) is 8.12. The molecule has 0 saturated heterocycles. The maximum absolute atomic E-state index is 11.0. The zero-order valence-electron chi connectivity index (χ0n) is 14.5. The van der Waals surface area contributed by atoms with Gasteiger partial charge in [-0.25, -0.2) is 9.48 Å². The minimum absolute atomic E-state index is 0.118. The Morgan fingerprint density at radius 2 is 2.04 bits per heavy atom. The number of benzene rings is 1. The van der Waals surface area contributed by atoms with E-state index >= 15 is 0 Å². The monoisotopic (exact) mass is 413 g/mol. The summed E-state index contributed by atoms with van der Waals surface area (Å²) in [5, 5.41) is 25.9. The van der Waals surface area contributed by atoms with Crippen LogP contribution in [0.4, 0.5) is 0 Å². The average Bonchev–Trinajstić information content (AvgIpc) is 3.40. The Hall–Kier alpha value is -2.45. The van der Waals surface area contributed by atoms with Crippen molar-refractivity contribution in [3.63, 3.8) is 0 Å². The van der Waals surface area contributed by atoms with Crippen molar-refractivity contribution in [2.75, 3.05) is 0 Å². The lowest BCUT2D eigenvalue weighted by Gasteiger charge is -2.15. The van der Waals surface area contributed by atoms with Crippen molar-refractivity contribution in [2.24, 2.45) is 12.2 Å². The summed E-state index contributed by atoms with van der Waals surface area (Å²) in [5.74, 6) is -0.182. The van der Waals surface area contributed by atoms with Gasteiger partial charge >= 0.3 is 5.97 Å². The van der Waals surface area contributed by atoms with Crippen molar-refractivity contribution in [1.82, 2.24) is 9.78 Å². The first kappa shape index (κ1) is 19.3. The molecule has 27 heavy (non-hydrogen) atoms. The summed E-state index contributed by atoms with van der Waals surface area (Å²) < 4.78 is 12.8. The third-order valence-electron chi connectivity index (χ3n) is 4.05. The maximum Gasteiger partial charge on any atom is 0.344 e. The fraction of sp³-hybridized carbons (Fsp3) is 0.353. The molecule has 2 aromatic rings. The number of carbonyl (C=O) groups is 1. The molecule has 1 fully saturated rings. The molecule has 1 heterocycles. The van der Waals surface area contributed by atoms with Gasteiger partial charge in [0.15, 0.2) is 11.9 Å². The van der Waals surface area contributed by atoms with Crippen molar-refractivity contribution in [3.8, 4) is 17.4 Å². The highest BCUT2D eigenvalue weighted by Crippen LogP contribution is 2.44. The fourth-order valence-corrected chi connectivity index (χ4v) is 2.99. The number of aliphatic carboxylic acids is 1. The van der Waals surface area contributed by atoms with Crippen LogP contribution in [0.1, 0.15) is 36.9 Å². The van der Waals surface area contributed by atoms with Gasteiger partial charge in [-0.2, -0.15) is 5.10 Å². The molecule has 0 bridgehead atoms. The highest BCUT2D eigenvalue weighted by atomic mass is 35.5. The Labute approximate surface area is 164 Å². The SMILES string of the molecule is C[C@H](Oc1cc(Oc2c(C=NO)c(C3CC3)nn2C)c(Cl)cc1Cl)C(=O)O. The summed E-state index contributed by atoms with van der Waals surface area (Å²) >= 11 is 12.3. The van der Waals surface area contributed by atoms with Crippen molar-refractivity contribution in [3.05, 3.63) is 33.4 Å². The first-order chi connectivity index (χ1) is 12.8. The molecule has 0 aliphatic heterocycles. The van der Waals surface area contributed by atoms with Gasteiger partial charge in [0.25, 0.3) is 0 Å². The summed E-state index contributed by atoms with van der Waals surface area (Å²) in [5.41, 5.74) is 1.33. The second kappa shape index (κ2) is 7.66. The number of carboxylic acids is 1. The largest absolute Gasteiger partial charge is 0.479 e. The summed E-state index contributed by atoms with van der Waals surface area (Å²) in [4.78, 5) is 11.0. The molecule has 144 valence electrons. The molecule has 0 amide bonds. The number of halogens is 2. The van der Waals surface area contributed by atoms with Gasteiger partial charge < -0.3 is 19.8 Å². The molecule has 0 radical (unpaired) electrons. The molecule has 10 heteroatoms. The molecule has 8 nitrogen and oxygen atoms in total. The smallest absolute Gasteiger partial charge is 0.344 e. The molecule has 1 aromatic carbocycles. The van der Waals surface area contributed by atoms with Gasteiger partial charge in [-0.3, -0.25) is 0 Å². The number of nitrogens with zero attached hydrogens (tertiary/aromatic N) is 3. The van der Waals surface area contributed by atoms with Gasteiger partial charge in [0.05, 0.1) is 27.5 Å². The Morgan fingerprint density at radius 1 is 1.37 bits per heavy atom. The molecule has 0 spiro atoms. The van der Waals surface area contributed by atoms with Crippen molar-refractivity contribution in [1.29, 1.82) is 0 Å². The van der Waals surface area contributed by atoms with Crippen molar-refractivity contribution in [2.45, 2.75) is 31.8 Å². The van der Waals surface area contributed by atoms with E-state index in [0.29, 0.717) is 17.4 Å². The topological polar surface area (TPSA) is 106 Å². The number of carboxylic acid groups (broad SMARTS) is 1. The van der Waals surface area contributed by atoms with Gasteiger partial charge in [0, 0.05) is 19.0 Å². The standard InChI is InChI=1S/C17H17Cl2N3O5/c1-8(17(23)24)26-13-6-14(12(19)5-11(13)18)27-16-10(7-20-25)15(9-3-4-9)21-22(16)2/h5-9,25H,3-4H2,1-2H3,(H,23,24)/t8-/m0/s1. The maximum atomic E-state index is 11.0. The van der Waals surface area contributed by atoms with Crippen molar-refractivity contribution < 1.29 is 24.6 Å². The molecule has 1 aliphatic carbocycles. The third kappa shape index (κ3) is 4.12. The Balaban J connectivity index is 1.97. The zero-order chi connectivity index (χ0) is 19.7. The number of rotatable bonds is 7. The minimum Gasteiger partial charge on any atom is -0.479 e. The van der Waals surface area contributed by atoms with E-state index in [1.807, 2.05) is 0 Å². The average molecular weight is 414 g/mol. The van der Waals surface area contributed by atoms with Gasteiger partial charge in [-0.1, -0.05) is 28.4 Å². The van der Waals surface area contributed by atoms with E-state index in [1.54, 1.807) is 7.05 Å². The number of oxime groups is 1. The summed E-state index contributed by atoms with van der Waals surface area (Å²) in [6.45, 7) is 1.38. The first-order valence-corrected chi connectivity index (χ1v) is 8.88. The number of ether oxygens (including phenoxy) is 2. The Morgan fingerprint density at radius 3 is 2.63 bits per heavy atom. The van der Waals surface area contributed by atoms with E-state index in [9.17, 15) is 4.79 Å². The number of hydrogen-bond acceptors (Lipinski definition) is 6. The van der Waals surface area contributed by atoms with Crippen LogP contribution in [0.15, 0.2) is 17.3 Å². The fourth-order valence-electron chi connectivity index (χ4n) is 2.53. The number of aryl methyl sites for hydroxylation is 1. The number of aromatic nitrogens is 2. The predicted octanol–water partition coefficient (Wildman–Crippen LogP) is 4.06. The van der Waals surface area contributed by atoms with Crippen LogP contribution < -0.4 is 9.47 Å². The van der Waals surface area contributed by atoms with Gasteiger partial charge in [0.2, 0.25) is 5.88 Å². The van der Waals surface area contributed by atoms with Crippen LogP contribution >= 0.6 is 23.2 Å². The summed E-state index contributed by atoms with van der Waals surface area (Å²) in [6.07, 6.45) is 2.18. The van der Waals surface area contributed by atoms with Crippen LogP contribution in [0, 0.1) is 0 Å². The molecular weight excluding hydrogens is 397 g/mol. The third-order valence-corrected chi connectivity index (χ3v) is 4.64. The van der Waals surface area contributed by atoms with Crippen LogP contribution in [-0.2, 0) is 11.8 Å². The Kier molecular flexibility index (Phi) is 5.48. The van der Waals surface area contributed by atoms with Crippen LogP contribution in [0.5, 0.6) is 17.4 Å². The van der Waals surface area contributed by atoms with Crippen LogP contribution in [0.3, 0.4) is 0 Å². The molecule has 1 atom stereocenters. The van der Waals surface area contributed by atoms with E-state index in [0.717, 1.165) is 18.5 Å². The lowest BCUT2D eigenvalue weighted by molar-refractivity contribution is -0.144. The second-order valence-corrected chi connectivity index (χ2v) is 6.97. The van der Waals surface area contributed by atoms with Crippen molar-refractivity contribution >= 4 is 35.4 Å². The van der Waals surface area contributed by atoms with E-state index in [2.05, 4.69) is 10.3 Å². The van der Waals surface area contributed by atoms with Gasteiger partial charge in [-0.15, -0.1) is 0 Å². The van der Waals surface area contributed by atoms with E-state index in [-0.39, 0.29) is 21.5 Å². The highest BCUT2D eigenvalue weighted by molar-refractivity contribution is 6.36. The summed E-state index contributed by atoms with van der Waals surface area (Å²) in [6, 6.07) is 2.81. The van der Waals surface area contributed by atoms with Crippen LogP contribution in [0.25, 0.3) is 0 Å². The minimum atomic E-state index is -1.13. The zero-order valence-corrected chi connectivity index (χ0v) is 16.0.